The lowest BCUT2D eigenvalue weighted by atomic mass is 9.75. The quantitative estimate of drug-likeness (QED) is 0.328. The van der Waals surface area contributed by atoms with E-state index in [0.717, 1.165) is 36.0 Å². The standard InChI is InChI=1S/C29H42O3S/c1-7-22-17-25(12-13-26(22)33-20-27(32)28(4,5)6)29(8-2,9-3)15-14-21-10-11-23(18-30)24(16-21)19-31/h10-17,27,30-32H,7-9,18-20H2,1-6H3. The molecule has 0 radical (unpaired) electrons. The Morgan fingerprint density at radius 2 is 1.55 bits per heavy atom. The maximum atomic E-state index is 10.5. The van der Waals surface area contributed by atoms with Crippen LogP contribution < -0.4 is 0 Å². The van der Waals surface area contributed by atoms with E-state index >= 15 is 0 Å². The van der Waals surface area contributed by atoms with Crippen molar-refractivity contribution in [1.82, 2.24) is 0 Å². The zero-order valence-corrected chi connectivity index (χ0v) is 22.0. The SMILES string of the molecule is CCc1cc(C(C=Cc2ccc(CO)c(CO)c2)(CC)CC)ccc1SCC(O)C(C)(C)C. The second kappa shape index (κ2) is 12.2. The Morgan fingerprint density at radius 3 is 2.09 bits per heavy atom. The van der Waals surface area contributed by atoms with E-state index in [1.807, 2.05) is 18.2 Å². The predicted molar refractivity (Wildman–Crippen MR) is 142 cm³/mol. The van der Waals surface area contributed by atoms with Crippen molar-refractivity contribution in [2.45, 2.75) is 90.4 Å². The van der Waals surface area contributed by atoms with Crippen molar-refractivity contribution in [2.24, 2.45) is 5.41 Å². The second-order valence-corrected chi connectivity index (χ2v) is 11.0. The number of rotatable bonds is 11. The second-order valence-electron chi connectivity index (χ2n) is 9.91. The molecular weight excluding hydrogens is 428 g/mol. The van der Waals surface area contributed by atoms with Gasteiger partial charge >= 0.3 is 0 Å². The molecule has 0 fully saturated rings. The Kier molecular flexibility index (Phi) is 10.2. The molecule has 1 unspecified atom stereocenters. The molecule has 0 amide bonds. The van der Waals surface area contributed by atoms with Crippen LogP contribution in [-0.4, -0.2) is 27.2 Å². The van der Waals surface area contributed by atoms with Crippen LogP contribution in [0.15, 0.2) is 47.4 Å². The van der Waals surface area contributed by atoms with Crippen LogP contribution in [0, 0.1) is 5.41 Å². The molecule has 0 aliphatic heterocycles. The van der Waals surface area contributed by atoms with Gasteiger partial charge in [-0.15, -0.1) is 11.8 Å². The van der Waals surface area contributed by atoms with Gasteiger partial charge in [-0.25, -0.2) is 0 Å². The Balaban J connectivity index is 2.34. The number of aliphatic hydroxyl groups excluding tert-OH is 3. The highest BCUT2D eigenvalue weighted by Gasteiger charge is 2.27. The minimum absolute atomic E-state index is 0.0648. The average Bonchev–Trinajstić information content (AvgIpc) is 2.82. The number of thioether (sulfide) groups is 1. The van der Waals surface area contributed by atoms with Crippen molar-refractivity contribution in [2.75, 3.05) is 5.75 Å². The van der Waals surface area contributed by atoms with Gasteiger partial charge in [0.2, 0.25) is 0 Å². The summed E-state index contributed by atoms with van der Waals surface area (Å²) in [6.07, 6.45) is 7.02. The topological polar surface area (TPSA) is 60.7 Å². The van der Waals surface area contributed by atoms with E-state index < -0.39 is 0 Å². The largest absolute Gasteiger partial charge is 0.392 e. The van der Waals surface area contributed by atoms with E-state index in [9.17, 15) is 15.3 Å². The first-order valence-electron chi connectivity index (χ1n) is 12.1. The molecule has 33 heavy (non-hydrogen) atoms. The van der Waals surface area contributed by atoms with E-state index in [1.54, 1.807) is 11.8 Å². The van der Waals surface area contributed by atoms with Crippen LogP contribution in [0.25, 0.3) is 6.08 Å². The predicted octanol–water partition coefficient (Wildman–Crippen LogP) is 6.50. The van der Waals surface area contributed by atoms with Gasteiger partial charge in [-0.3, -0.25) is 0 Å². The van der Waals surface area contributed by atoms with Crippen LogP contribution in [0.1, 0.15) is 82.2 Å². The van der Waals surface area contributed by atoms with Crippen LogP contribution >= 0.6 is 11.8 Å². The number of hydrogen-bond acceptors (Lipinski definition) is 4. The fourth-order valence-electron chi connectivity index (χ4n) is 4.02. The number of aliphatic hydroxyl groups is 3. The van der Waals surface area contributed by atoms with Crippen LogP contribution in [-0.2, 0) is 25.0 Å². The van der Waals surface area contributed by atoms with Crippen molar-refractivity contribution in [3.05, 3.63) is 70.3 Å². The Labute approximate surface area is 205 Å². The number of allylic oxidation sites excluding steroid dienone is 1. The van der Waals surface area contributed by atoms with E-state index in [4.69, 9.17) is 0 Å². The summed E-state index contributed by atoms with van der Waals surface area (Å²) in [4.78, 5) is 1.25. The van der Waals surface area contributed by atoms with E-state index in [2.05, 4.69) is 71.9 Å². The minimum Gasteiger partial charge on any atom is -0.392 e. The van der Waals surface area contributed by atoms with Crippen molar-refractivity contribution in [1.29, 1.82) is 0 Å². The smallest absolute Gasteiger partial charge is 0.0685 e. The number of aryl methyl sites for hydroxylation is 1. The highest BCUT2D eigenvalue weighted by atomic mass is 32.2. The van der Waals surface area contributed by atoms with Crippen molar-refractivity contribution in [3.63, 3.8) is 0 Å². The monoisotopic (exact) mass is 470 g/mol. The highest BCUT2D eigenvalue weighted by molar-refractivity contribution is 7.99. The molecule has 0 aliphatic carbocycles. The molecule has 0 spiro atoms. The molecule has 0 bridgehead atoms. The third-order valence-corrected chi connectivity index (χ3v) is 8.03. The molecule has 0 aromatic heterocycles. The summed E-state index contributed by atoms with van der Waals surface area (Å²) in [6.45, 7) is 12.7. The maximum absolute atomic E-state index is 10.5. The lowest BCUT2D eigenvalue weighted by molar-refractivity contribution is 0.0843. The van der Waals surface area contributed by atoms with Crippen LogP contribution in [0.3, 0.4) is 0 Å². The first kappa shape index (κ1) is 27.7. The van der Waals surface area contributed by atoms with Gasteiger partial charge in [0, 0.05) is 16.1 Å². The molecule has 2 aromatic rings. The van der Waals surface area contributed by atoms with Gasteiger partial charge < -0.3 is 15.3 Å². The molecular formula is C29H42O3S. The first-order chi connectivity index (χ1) is 15.6. The Hall–Kier alpha value is -1.59. The third kappa shape index (κ3) is 6.95. The molecule has 0 aliphatic rings. The number of benzene rings is 2. The summed E-state index contributed by atoms with van der Waals surface area (Å²) in [5.74, 6) is 0.694. The van der Waals surface area contributed by atoms with E-state index in [0.29, 0.717) is 5.75 Å². The molecule has 0 saturated carbocycles. The van der Waals surface area contributed by atoms with Crippen molar-refractivity contribution >= 4 is 17.8 Å². The average molecular weight is 471 g/mol. The summed E-state index contributed by atoms with van der Waals surface area (Å²) in [5.41, 5.74) is 5.02. The minimum atomic E-state index is -0.346. The van der Waals surface area contributed by atoms with Crippen molar-refractivity contribution < 1.29 is 15.3 Å². The Bertz CT molecular complexity index is 923. The molecule has 4 heteroatoms. The molecule has 3 nitrogen and oxygen atoms in total. The van der Waals surface area contributed by atoms with E-state index in [-0.39, 0.29) is 30.1 Å². The molecule has 1 atom stereocenters. The summed E-state index contributed by atoms with van der Waals surface area (Å²) in [5, 5.41) is 29.5. The lowest BCUT2D eigenvalue weighted by Crippen LogP contribution is -2.28. The van der Waals surface area contributed by atoms with E-state index in [1.165, 1.54) is 16.0 Å². The molecule has 2 rings (SSSR count). The maximum Gasteiger partial charge on any atom is 0.0685 e. The fraction of sp³-hybridized carbons (Fsp3) is 0.517. The normalized spacial score (nSPS) is 13.6. The fourth-order valence-corrected chi connectivity index (χ4v) is 5.41. The summed E-state index contributed by atoms with van der Waals surface area (Å²) in [6, 6.07) is 12.7. The summed E-state index contributed by atoms with van der Waals surface area (Å²) < 4.78 is 0. The van der Waals surface area contributed by atoms with Crippen LogP contribution in [0.2, 0.25) is 0 Å². The summed E-state index contributed by atoms with van der Waals surface area (Å²) in [7, 11) is 0. The highest BCUT2D eigenvalue weighted by Crippen LogP contribution is 2.37. The van der Waals surface area contributed by atoms with Gasteiger partial charge in [0.25, 0.3) is 0 Å². The third-order valence-electron chi connectivity index (χ3n) is 6.84. The molecule has 0 heterocycles. The van der Waals surface area contributed by atoms with Gasteiger partial charge in [0.1, 0.15) is 0 Å². The van der Waals surface area contributed by atoms with Gasteiger partial charge in [-0.2, -0.15) is 0 Å². The first-order valence-corrected chi connectivity index (χ1v) is 13.1. The zero-order valence-electron chi connectivity index (χ0n) is 21.2. The molecule has 0 saturated heterocycles. The van der Waals surface area contributed by atoms with Gasteiger partial charge in [-0.1, -0.05) is 78.0 Å². The van der Waals surface area contributed by atoms with Gasteiger partial charge in [0.05, 0.1) is 19.3 Å². The molecule has 182 valence electrons. The zero-order chi connectivity index (χ0) is 24.6. The van der Waals surface area contributed by atoms with Crippen molar-refractivity contribution in [3.8, 4) is 0 Å². The number of hydrogen-bond donors (Lipinski definition) is 3. The molecule has 3 N–H and O–H groups in total. The van der Waals surface area contributed by atoms with Crippen LogP contribution in [0.4, 0.5) is 0 Å². The Morgan fingerprint density at radius 1 is 0.879 bits per heavy atom. The summed E-state index contributed by atoms with van der Waals surface area (Å²) >= 11 is 1.75. The van der Waals surface area contributed by atoms with Gasteiger partial charge in [-0.05, 0) is 64.6 Å². The molecule has 2 aromatic carbocycles. The van der Waals surface area contributed by atoms with Gasteiger partial charge in [0.15, 0.2) is 0 Å². The lowest BCUT2D eigenvalue weighted by Gasteiger charge is -2.30. The van der Waals surface area contributed by atoms with Crippen LogP contribution in [0.5, 0.6) is 0 Å².